The Labute approximate surface area is 269 Å². The molecule has 0 radical (unpaired) electrons. The van der Waals surface area contributed by atoms with Crippen LogP contribution in [0.15, 0.2) is 54.6 Å². The molecule has 0 spiro atoms. The lowest BCUT2D eigenvalue weighted by Gasteiger charge is -2.32. The fourth-order valence-corrected chi connectivity index (χ4v) is 5.90. The lowest BCUT2D eigenvalue weighted by Crippen LogP contribution is -2.38. The maximum Gasteiger partial charge on any atom is 0.328 e. The van der Waals surface area contributed by atoms with Crippen molar-refractivity contribution in [2.24, 2.45) is 5.41 Å². The van der Waals surface area contributed by atoms with Gasteiger partial charge in [0.15, 0.2) is 5.82 Å². The Kier molecular flexibility index (Phi) is 9.20. The minimum atomic E-state index is -1.01. The van der Waals surface area contributed by atoms with Crippen molar-refractivity contribution < 1.29 is 28.2 Å². The number of carboxylic acids is 1. The third kappa shape index (κ3) is 7.46. The maximum absolute atomic E-state index is 14.4. The summed E-state index contributed by atoms with van der Waals surface area (Å²) in [6.07, 6.45) is 6.44. The molecule has 9 nitrogen and oxygen atoms in total. The normalized spacial score (nSPS) is 16.5. The average molecular weight is 648 g/mol. The minimum absolute atomic E-state index is 0.0570. The van der Waals surface area contributed by atoms with Gasteiger partial charge in [0.1, 0.15) is 24.4 Å². The number of rotatable bonds is 12. The molecule has 0 amide bonds. The smallest absolute Gasteiger partial charge is 0.328 e. The number of benzene rings is 2. The van der Waals surface area contributed by atoms with Crippen LogP contribution in [-0.2, 0) is 24.5 Å². The number of hydrogen-bond acceptors (Lipinski definition) is 7. The Morgan fingerprint density at radius 2 is 1.91 bits per heavy atom. The molecular weight excluding hydrogens is 616 g/mol. The summed E-state index contributed by atoms with van der Waals surface area (Å²) in [5, 5.41) is 18.7. The number of aromatic nitrogens is 3. The number of nitriles is 1. The fourth-order valence-electron chi connectivity index (χ4n) is 5.74. The number of likely N-dealkylation sites (tertiary alicyclic amines) is 1. The van der Waals surface area contributed by atoms with Crippen LogP contribution >= 0.6 is 11.6 Å². The van der Waals surface area contributed by atoms with Crippen molar-refractivity contribution in [3.05, 3.63) is 88.2 Å². The third-order valence-electron chi connectivity index (χ3n) is 8.53. The van der Waals surface area contributed by atoms with E-state index in [0.717, 1.165) is 54.4 Å². The van der Waals surface area contributed by atoms with Crippen molar-refractivity contribution in [3.8, 4) is 17.8 Å². The lowest BCUT2D eigenvalue weighted by molar-refractivity contribution is -0.131. The number of imidazole rings is 1. The molecule has 1 N–H and O–H groups in total. The molecule has 1 saturated carbocycles. The third-order valence-corrected chi connectivity index (χ3v) is 8.76. The summed E-state index contributed by atoms with van der Waals surface area (Å²) in [5.41, 5.74) is 2.69. The zero-order chi connectivity index (χ0) is 32.3. The number of ether oxygens (including phenoxy) is 2. The van der Waals surface area contributed by atoms with E-state index in [1.807, 2.05) is 18.2 Å². The van der Waals surface area contributed by atoms with Crippen molar-refractivity contribution >= 4 is 34.7 Å². The second-order valence-corrected chi connectivity index (χ2v) is 12.4. The van der Waals surface area contributed by atoms with Crippen LogP contribution in [0.25, 0.3) is 17.1 Å². The van der Waals surface area contributed by atoms with Gasteiger partial charge in [0, 0.05) is 54.2 Å². The summed E-state index contributed by atoms with van der Waals surface area (Å²) >= 11 is 5.80. The predicted octanol–water partition coefficient (Wildman–Crippen LogP) is 6.78. The summed E-state index contributed by atoms with van der Waals surface area (Å²) in [7, 11) is 0. The number of nitrogens with zero attached hydrogens (tertiary/aromatic N) is 5. The first-order chi connectivity index (χ1) is 22.2. The van der Waals surface area contributed by atoms with E-state index in [1.54, 1.807) is 6.08 Å². The highest BCUT2D eigenvalue weighted by Gasteiger charge is 2.43. The lowest BCUT2D eigenvalue weighted by atomic mass is 10.0. The van der Waals surface area contributed by atoms with Crippen LogP contribution in [0.2, 0.25) is 5.02 Å². The zero-order valence-corrected chi connectivity index (χ0v) is 25.7. The summed E-state index contributed by atoms with van der Waals surface area (Å²) in [4.78, 5) is 22.5. The van der Waals surface area contributed by atoms with Gasteiger partial charge in [-0.2, -0.15) is 10.2 Å². The van der Waals surface area contributed by atoms with Crippen molar-refractivity contribution in [1.29, 1.82) is 5.26 Å². The van der Waals surface area contributed by atoms with Gasteiger partial charge in [-0.05, 0) is 67.7 Å². The summed E-state index contributed by atoms with van der Waals surface area (Å²) in [6.45, 7) is 2.56. The number of halogens is 3. The van der Waals surface area contributed by atoms with E-state index < -0.39 is 17.6 Å². The Bertz CT molecular complexity index is 1830. The molecule has 6 rings (SSSR count). The van der Waals surface area contributed by atoms with Gasteiger partial charge in [-0.1, -0.05) is 23.7 Å². The minimum Gasteiger partial charge on any atom is -0.478 e. The van der Waals surface area contributed by atoms with Gasteiger partial charge in [-0.3, -0.25) is 4.90 Å². The Hall–Kier alpha value is -4.53. The van der Waals surface area contributed by atoms with E-state index in [-0.39, 0.29) is 40.5 Å². The molecule has 0 unspecified atom stereocenters. The van der Waals surface area contributed by atoms with Gasteiger partial charge in [0.25, 0.3) is 5.88 Å². The fraction of sp³-hybridized carbons (Fsp3) is 0.353. The van der Waals surface area contributed by atoms with E-state index in [2.05, 4.69) is 20.5 Å². The number of piperidine rings is 1. The highest BCUT2D eigenvalue weighted by atomic mass is 35.5. The largest absolute Gasteiger partial charge is 0.478 e. The second-order valence-electron chi connectivity index (χ2n) is 11.9. The van der Waals surface area contributed by atoms with Crippen molar-refractivity contribution in [3.63, 3.8) is 0 Å². The van der Waals surface area contributed by atoms with Crippen LogP contribution in [-0.4, -0.2) is 49.7 Å². The molecule has 1 aliphatic heterocycles. The van der Waals surface area contributed by atoms with E-state index in [0.29, 0.717) is 32.4 Å². The molecule has 46 heavy (non-hydrogen) atoms. The van der Waals surface area contributed by atoms with Crippen molar-refractivity contribution in [1.82, 2.24) is 19.4 Å². The number of hydrogen-bond donors (Lipinski definition) is 1. The van der Waals surface area contributed by atoms with Crippen molar-refractivity contribution in [2.45, 2.75) is 57.9 Å². The maximum atomic E-state index is 14.4. The number of carbonyl (C=O) groups is 1. The van der Waals surface area contributed by atoms with Gasteiger partial charge in [-0.25, -0.2) is 18.6 Å². The molecule has 2 aromatic carbocycles. The van der Waals surface area contributed by atoms with Crippen LogP contribution in [0.3, 0.4) is 0 Å². The van der Waals surface area contributed by atoms with Gasteiger partial charge < -0.3 is 19.1 Å². The number of carboxylic acid groups (broad SMARTS) is 1. The van der Waals surface area contributed by atoms with Gasteiger partial charge in [0.05, 0.1) is 23.6 Å². The monoisotopic (exact) mass is 647 g/mol. The molecule has 0 atom stereocenters. The van der Waals surface area contributed by atoms with Crippen LogP contribution in [0, 0.1) is 28.4 Å². The van der Waals surface area contributed by atoms with E-state index in [1.165, 1.54) is 30.3 Å². The molecule has 12 heteroatoms. The Balaban J connectivity index is 1.11. The Morgan fingerprint density at radius 1 is 1.11 bits per heavy atom. The van der Waals surface area contributed by atoms with Crippen LogP contribution < -0.4 is 9.47 Å². The molecule has 1 saturated heterocycles. The zero-order valence-electron chi connectivity index (χ0n) is 25.0. The molecule has 2 aliphatic rings. The molecule has 0 bridgehead atoms. The number of fused-ring (bicyclic) bond motifs is 1. The first-order valence-corrected chi connectivity index (χ1v) is 15.5. The quantitative estimate of drug-likeness (QED) is 0.168. The molecule has 238 valence electrons. The number of aliphatic carboxylic acids is 1. The predicted molar refractivity (Wildman–Crippen MR) is 167 cm³/mol. The molecular formula is C34H32ClF2N5O4. The standard InChI is InChI=1S/C34H32ClF2N5O4/c35-24-4-3-23(27(37)18-24)20-45-33-26(36)5-7-31(40-33)46-25-9-15-41(16-10-25)19-30-39-28-6-1-22(2-8-32(43)44)17-29(28)42(30)21-34(11-12-34)13-14-38/h1-8,17-18,25H,9-13,15-16,19-21H2,(H,43,44)/b8-2+. The van der Waals surface area contributed by atoms with E-state index >= 15 is 0 Å². The highest BCUT2D eigenvalue weighted by molar-refractivity contribution is 6.30. The summed E-state index contributed by atoms with van der Waals surface area (Å²) in [6, 6.07) is 14.9. The van der Waals surface area contributed by atoms with Gasteiger partial charge in [-0.15, -0.1) is 0 Å². The number of pyridine rings is 1. The topological polar surface area (TPSA) is 114 Å². The second kappa shape index (κ2) is 13.4. The molecule has 4 aromatic rings. The van der Waals surface area contributed by atoms with E-state index in [9.17, 15) is 18.8 Å². The first kappa shape index (κ1) is 31.5. The van der Waals surface area contributed by atoms with Crippen LogP contribution in [0.5, 0.6) is 11.8 Å². The van der Waals surface area contributed by atoms with Gasteiger partial charge in [0.2, 0.25) is 5.88 Å². The first-order valence-electron chi connectivity index (χ1n) is 15.1. The highest BCUT2D eigenvalue weighted by Crippen LogP contribution is 2.50. The molecule has 3 heterocycles. The van der Waals surface area contributed by atoms with Gasteiger partial charge >= 0.3 is 5.97 Å². The average Bonchev–Trinajstić information content (AvgIpc) is 3.72. The molecule has 1 aliphatic carbocycles. The van der Waals surface area contributed by atoms with Crippen LogP contribution in [0.1, 0.15) is 49.1 Å². The molecule has 2 aromatic heterocycles. The van der Waals surface area contributed by atoms with E-state index in [4.69, 9.17) is 31.2 Å². The van der Waals surface area contributed by atoms with Crippen LogP contribution in [0.4, 0.5) is 8.78 Å². The van der Waals surface area contributed by atoms with Crippen molar-refractivity contribution in [2.75, 3.05) is 13.1 Å². The summed E-state index contributed by atoms with van der Waals surface area (Å²) in [5.74, 6) is -1.37. The SMILES string of the molecule is N#CCC1(Cn2c(CN3CCC(Oc4ccc(F)c(OCc5ccc(Cl)cc5F)n4)CC3)nc3ccc(/C=C/C(=O)O)cc32)CC1. The Morgan fingerprint density at radius 3 is 2.63 bits per heavy atom. The summed E-state index contributed by atoms with van der Waals surface area (Å²) < 4.78 is 42.3. The molecule has 2 fully saturated rings.